The standard InChI is InChI=1S/C20H30N6.HI/c1-3-22-20(24-15-18-9-7-12-25(18)4-2)23-14-17-8-5-6-10-19(17)26-13-11-21-16-26;/h5-6,8,10-11,13,16,18H,3-4,7,9,12,14-15H2,1-2H3,(H2,22,23,24);1H. The van der Waals surface area contributed by atoms with E-state index in [1.54, 1.807) is 6.20 Å². The lowest BCUT2D eigenvalue weighted by atomic mass is 10.2. The number of benzene rings is 1. The zero-order chi connectivity index (χ0) is 18.2. The number of para-hydroxylation sites is 1. The van der Waals surface area contributed by atoms with Gasteiger partial charge in [-0.15, -0.1) is 24.0 Å². The highest BCUT2D eigenvalue weighted by Gasteiger charge is 2.22. The maximum absolute atomic E-state index is 4.81. The molecule has 1 fully saturated rings. The number of likely N-dealkylation sites (N-methyl/N-ethyl adjacent to an activating group) is 1. The largest absolute Gasteiger partial charge is 0.357 e. The molecule has 2 heterocycles. The summed E-state index contributed by atoms with van der Waals surface area (Å²) in [7, 11) is 0. The van der Waals surface area contributed by atoms with E-state index in [0.717, 1.165) is 31.3 Å². The zero-order valence-corrected chi connectivity index (χ0v) is 18.6. The lowest BCUT2D eigenvalue weighted by Gasteiger charge is -2.24. The van der Waals surface area contributed by atoms with Crippen LogP contribution in [0.5, 0.6) is 0 Å². The van der Waals surface area contributed by atoms with Crippen LogP contribution in [-0.4, -0.2) is 52.6 Å². The van der Waals surface area contributed by atoms with Gasteiger partial charge in [0.25, 0.3) is 0 Å². The quantitative estimate of drug-likeness (QED) is 0.362. The topological polar surface area (TPSA) is 57.5 Å². The highest BCUT2D eigenvalue weighted by atomic mass is 127. The van der Waals surface area contributed by atoms with E-state index in [9.17, 15) is 0 Å². The Morgan fingerprint density at radius 1 is 1.26 bits per heavy atom. The van der Waals surface area contributed by atoms with E-state index >= 15 is 0 Å². The first-order chi connectivity index (χ1) is 12.8. The number of nitrogens with one attached hydrogen (secondary N) is 2. The number of aliphatic imine (C=N–C) groups is 1. The first kappa shape index (κ1) is 21.7. The molecule has 2 N–H and O–H groups in total. The van der Waals surface area contributed by atoms with Gasteiger partial charge in [0.05, 0.1) is 18.6 Å². The van der Waals surface area contributed by atoms with Gasteiger partial charge in [-0.25, -0.2) is 9.98 Å². The second-order valence-electron chi connectivity index (χ2n) is 6.60. The molecule has 6 nitrogen and oxygen atoms in total. The first-order valence-electron chi connectivity index (χ1n) is 9.64. The minimum absolute atomic E-state index is 0. The molecule has 0 spiro atoms. The number of hydrogen-bond acceptors (Lipinski definition) is 3. The lowest BCUT2D eigenvalue weighted by Crippen LogP contribution is -2.44. The molecule has 1 atom stereocenters. The molecular weight excluding hydrogens is 451 g/mol. The molecule has 1 aliphatic heterocycles. The molecule has 3 rings (SSSR count). The van der Waals surface area contributed by atoms with Gasteiger partial charge in [0, 0.05) is 31.5 Å². The Morgan fingerprint density at radius 2 is 2.11 bits per heavy atom. The van der Waals surface area contributed by atoms with Crippen molar-refractivity contribution >= 4 is 29.9 Å². The van der Waals surface area contributed by atoms with Crippen LogP contribution in [-0.2, 0) is 6.54 Å². The molecule has 0 aliphatic carbocycles. The summed E-state index contributed by atoms with van der Waals surface area (Å²) in [5.41, 5.74) is 2.30. The van der Waals surface area contributed by atoms with Crippen LogP contribution < -0.4 is 10.6 Å². The van der Waals surface area contributed by atoms with Crippen LogP contribution >= 0.6 is 24.0 Å². The Labute approximate surface area is 179 Å². The second kappa shape index (κ2) is 11.3. The third-order valence-corrected chi connectivity index (χ3v) is 4.94. The molecule has 0 saturated carbocycles. The van der Waals surface area contributed by atoms with E-state index in [0.29, 0.717) is 12.6 Å². The number of guanidine groups is 1. The van der Waals surface area contributed by atoms with Crippen molar-refractivity contribution in [3.63, 3.8) is 0 Å². The van der Waals surface area contributed by atoms with Crippen molar-refractivity contribution in [2.24, 2.45) is 4.99 Å². The predicted molar refractivity (Wildman–Crippen MR) is 122 cm³/mol. The van der Waals surface area contributed by atoms with Crippen molar-refractivity contribution < 1.29 is 0 Å². The normalized spacial score (nSPS) is 17.6. The maximum Gasteiger partial charge on any atom is 0.191 e. The van der Waals surface area contributed by atoms with E-state index in [1.807, 2.05) is 23.2 Å². The Bertz CT molecular complexity index is 700. The van der Waals surface area contributed by atoms with E-state index in [2.05, 4.69) is 52.6 Å². The molecule has 0 amide bonds. The van der Waals surface area contributed by atoms with Gasteiger partial charge in [-0.05, 0) is 44.5 Å². The highest BCUT2D eigenvalue weighted by Crippen LogP contribution is 2.16. The summed E-state index contributed by atoms with van der Waals surface area (Å²) in [6.07, 6.45) is 8.15. The number of imidazole rings is 1. The summed E-state index contributed by atoms with van der Waals surface area (Å²) in [6.45, 7) is 9.12. The van der Waals surface area contributed by atoms with Crippen LogP contribution in [0.2, 0.25) is 0 Å². The summed E-state index contributed by atoms with van der Waals surface area (Å²) < 4.78 is 2.03. The van der Waals surface area contributed by atoms with Gasteiger partial charge in [-0.2, -0.15) is 0 Å². The summed E-state index contributed by atoms with van der Waals surface area (Å²) in [4.78, 5) is 11.5. The SMILES string of the molecule is CCNC(=NCc1ccccc1-n1ccnc1)NCC1CCCN1CC.I. The summed E-state index contributed by atoms with van der Waals surface area (Å²) in [5, 5.41) is 6.89. The van der Waals surface area contributed by atoms with Crippen molar-refractivity contribution in [3.05, 3.63) is 48.5 Å². The van der Waals surface area contributed by atoms with Gasteiger partial charge < -0.3 is 15.2 Å². The summed E-state index contributed by atoms with van der Waals surface area (Å²) in [5.74, 6) is 0.885. The Balaban J connectivity index is 0.00000261. The third kappa shape index (κ3) is 5.93. The van der Waals surface area contributed by atoms with Crippen LogP contribution in [0, 0.1) is 0 Å². The average Bonchev–Trinajstić information content (AvgIpc) is 3.35. The van der Waals surface area contributed by atoms with Crippen LogP contribution in [0.1, 0.15) is 32.3 Å². The first-order valence-corrected chi connectivity index (χ1v) is 9.64. The van der Waals surface area contributed by atoms with Gasteiger partial charge in [0.2, 0.25) is 0 Å². The Hall–Kier alpha value is -1.61. The fourth-order valence-electron chi connectivity index (χ4n) is 3.56. The van der Waals surface area contributed by atoms with E-state index in [-0.39, 0.29) is 24.0 Å². The molecule has 148 valence electrons. The molecular formula is C20H31IN6. The van der Waals surface area contributed by atoms with Gasteiger partial charge in [0.1, 0.15) is 0 Å². The number of rotatable bonds is 7. The average molecular weight is 482 g/mol. The monoisotopic (exact) mass is 482 g/mol. The highest BCUT2D eigenvalue weighted by molar-refractivity contribution is 14.0. The smallest absolute Gasteiger partial charge is 0.191 e. The Kier molecular flexibility index (Phi) is 9.06. The van der Waals surface area contributed by atoms with Crippen molar-refractivity contribution in [2.75, 3.05) is 26.2 Å². The molecule has 2 aromatic rings. The van der Waals surface area contributed by atoms with E-state index < -0.39 is 0 Å². The van der Waals surface area contributed by atoms with Gasteiger partial charge in [0.15, 0.2) is 5.96 Å². The van der Waals surface area contributed by atoms with Gasteiger partial charge in [-0.1, -0.05) is 25.1 Å². The fraction of sp³-hybridized carbons (Fsp3) is 0.500. The fourth-order valence-corrected chi connectivity index (χ4v) is 3.56. The molecule has 0 radical (unpaired) electrons. The number of halogens is 1. The number of aromatic nitrogens is 2. The van der Waals surface area contributed by atoms with E-state index in [1.165, 1.54) is 24.9 Å². The molecule has 1 aromatic carbocycles. The van der Waals surface area contributed by atoms with Crippen LogP contribution in [0.15, 0.2) is 48.0 Å². The zero-order valence-electron chi connectivity index (χ0n) is 16.3. The molecule has 1 aliphatic rings. The molecule has 1 saturated heterocycles. The van der Waals surface area contributed by atoms with Crippen molar-refractivity contribution in [2.45, 2.75) is 39.3 Å². The molecule has 7 heteroatoms. The minimum atomic E-state index is 0. The number of hydrogen-bond donors (Lipinski definition) is 2. The van der Waals surface area contributed by atoms with Crippen LogP contribution in [0.3, 0.4) is 0 Å². The summed E-state index contributed by atoms with van der Waals surface area (Å²) in [6, 6.07) is 8.94. The minimum Gasteiger partial charge on any atom is -0.357 e. The van der Waals surface area contributed by atoms with Crippen LogP contribution in [0.25, 0.3) is 5.69 Å². The molecule has 1 unspecified atom stereocenters. The maximum atomic E-state index is 4.81. The molecule has 0 bridgehead atoms. The number of likely N-dealkylation sites (tertiary alicyclic amines) is 1. The number of nitrogens with zero attached hydrogens (tertiary/aromatic N) is 4. The predicted octanol–water partition coefficient (Wildman–Crippen LogP) is 3.03. The van der Waals surface area contributed by atoms with E-state index in [4.69, 9.17) is 4.99 Å². The van der Waals surface area contributed by atoms with Crippen molar-refractivity contribution in [3.8, 4) is 5.69 Å². The van der Waals surface area contributed by atoms with Gasteiger partial charge >= 0.3 is 0 Å². The second-order valence-corrected chi connectivity index (χ2v) is 6.60. The van der Waals surface area contributed by atoms with Crippen molar-refractivity contribution in [1.29, 1.82) is 0 Å². The third-order valence-electron chi connectivity index (χ3n) is 4.94. The summed E-state index contributed by atoms with van der Waals surface area (Å²) >= 11 is 0. The lowest BCUT2D eigenvalue weighted by molar-refractivity contribution is 0.267. The van der Waals surface area contributed by atoms with Crippen LogP contribution in [0.4, 0.5) is 0 Å². The Morgan fingerprint density at radius 3 is 2.85 bits per heavy atom. The molecule has 27 heavy (non-hydrogen) atoms. The molecule has 1 aromatic heterocycles. The van der Waals surface area contributed by atoms with Crippen molar-refractivity contribution in [1.82, 2.24) is 25.1 Å². The van der Waals surface area contributed by atoms with Gasteiger partial charge in [-0.3, -0.25) is 4.90 Å².